The van der Waals surface area contributed by atoms with Crippen LogP contribution in [0.25, 0.3) is 11.2 Å². The Morgan fingerprint density at radius 1 is 1.22 bits per heavy atom. The first-order valence-electron chi connectivity index (χ1n) is 15.5. The fraction of sp³-hybridized carbons (Fsp3) is 0.600. The second-order valence-electron chi connectivity index (χ2n) is 12.4. The summed E-state index contributed by atoms with van der Waals surface area (Å²) < 4.78 is 54.4. The molecule has 3 aromatic rings. The number of imidazole rings is 1. The number of nitrogens with zero attached hydrogens (tertiary/aromatic N) is 5. The Labute approximate surface area is 271 Å². The molecule has 2 aliphatic carbocycles. The van der Waals surface area contributed by atoms with Gasteiger partial charge in [-0.1, -0.05) is 18.2 Å². The molecule has 6 rings (SSSR count). The van der Waals surface area contributed by atoms with Crippen molar-refractivity contribution < 1.29 is 37.4 Å². The molecule has 3 fully saturated rings. The van der Waals surface area contributed by atoms with Crippen molar-refractivity contribution in [1.82, 2.24) is 24.6 Å². The highest BCUT2D eigenvalue weighted by Gasteiger charge is 2.57. The predicted octanol–water partition coefficient (Wildman–Crippen LogP) is 4.60. The lowest BCUT2D eigenvalue weighted by Crippen LogP contribution is -2.48. The number of rotatable bonds is 14. The molecule has 2 aromatic heterocycles. The van der Waals surface area contributed by atoms with Crippen molar-refractivity contribution in [2.24, 2.45) is 0 Å². The van der Waals surface area contributed by atoms with Gasteiger partial charge in [0, 0.05) is 12.1 Å². The number of anilines is 1. The molecule has 46 heavy (non-hydrogen) atoms. The van der Waals surface area contributed by atoms with Gasteiger partial charge in [-0.05, 0) is 65.5 Å². The van der Waals surface area contributed by atoms with E-state index in [1.807, 2.05) is 0 Å². The van der Waals surface area contributed by atoms with Gasteiger partial charge in [-0.15, -0.1) is 11.6 Å². The molecule has 13 nitrogen and oxygen atoms in total. The first-order valence-corrected chi connectivity index (χ1v) is 17.5. The maximum absolute atomic E-state index is 16.0. The summed E-state index contributed by atoms with van der Waals surface area (Å²) in [6.45, 7) is 5.92. The number of hydrogen-bond acceptors (Lipinski definition) is 11. The predicted molar refractivity (Wildman–Crippen MR) is 168 cm³/mol. The number of benzene rings is 1. The van der Waals surface area contributed by atoms with E-state index in [4.69, 9.17) is 35.1 Å². The lowest BCUT2D eigenvalue weighted by atomic mass is 9.99. The zero-order valence-corrected chi connectivity index (χ0v) is 27.7. The Hall–Kier alpha value is -2.87. The monoisotopic (exact) mass is 680 g/mol. The SMILES string of the molecule is Cc1nc(N(C2CC2)C2CC2)c2ncn([C@@H]3O[C@](CCl)(CO[P@@](=O)(N[C@@H](C)C(=O)OC(C)C)Oc4ccccc4)[C@@H](O)[C@H]3F)c2n1. The first kappa shape index (κ1) is 33.0. The number of hydrogen-bond donors (Lipinski definition) is 2. The lowest BCUT2D eigenvalue weighted by molar-refractivity contribution is -0.149. The molecule has 250 valence electrons. The Bertz CT molecular complexity index is 1600. The summed E-state index contributed by atoms with van der Waals surface area (Å²) in [4.78, 5) is 28.7. The number of alkyl halides is 2. The van der Waals surface area contributed by atoms with Crippen molar-refractivity contribution in [3.63, 3.8) is 0 Å². The Morgan fingerprint density at radius 2 is 1.89 bits per heavy atom. The van der Waals surface area contributed by atoms with Gasteiger partial charge in [0.2, 0.25) is 0 Å². The summed E-state index contributed by atoms with van der Waals surface area (Å²) in [6.07, 6.45) is 0.154. The van der Waals surface area contributed by atoms with Crippen LogP contribution in [0.5, 0.6) is 5.75 Å². The number of aliphatic hydroxyl groups excluding tert-OH is 1. The van der Waals surface area contributed by atoms with E-state index in [0.29, 0.717) is 34.9 Å². The third kappa shape index (κ3) is 6.74. The highest BCUT2D eigenvalue weighted by molar-refractivity contribution is 7.52. The van der Waals surface area contributed by atoms with Gasteiger partial charge in [-0.2, -0.15) is 5.09 Å². The van der Waals surface area contributed by atoms with E-state index in [-0.39, 0.29) is 5.75 Å². The summed E-state index contributed by atoms with van der Waals surface area (Å²) in [6, 6.07) is 7.86. The maximum atomic E-state index is 16.0. The van der Waals surface area contributed by atoms with Crippen molar-refractivity contribution in [1.29, 1.82) is 0 Å². The van der Waals surface area contributed by atoms with Gasteiger partial charge in [0.15, 0.2) is 29.4 Å². The third-order valence-corrected chi connectivity index (χ3v) is 10.2. The van der Waals surface area contributed by atoms with Gasteiger partial charge < -0.3 is 24.0 Å². The van der Waals surface area contributed by atoms with E-state index in [1.165, 1.54) is 17.8 Å². The van der Waals surface area contributed by atoms with Gasteiger partial charge in [0.05, 0.1) is 24.9 Å². The molecule has 2 saturated carbocycles. The largest absolute Gasteiger partial charge is 0.462 e. The highest BCUT2D eigenvalue weighted by atomic mass is 35.5. The molecular formula is C30H39ClFN6O7P. The molecule has 0 radical (unpaired) electrons. The van der Waals surface area contributed by atoms with Crippen LogP contribution < -0.4 is 14.5 Å². The molecule has 1 aromatic carbocycles. The maximum Gasteiger partial charge on any atom is 0.459 e. The molecular weight excluding hydrogens is 642 g/mol. The second-order valence-corrected chi connectivity index (χ2v) is 14.4. The topological polar surface area (TPSA) is 150 Å². The van der Waals surface area contributed by atoms with Gasteiger partial charge in [0.1, 0.15) is 29.3 Å². The molecule has 1 saturated heterocycles. The normalized spacial score (nSPS) is 26.7. The van der Waals surface area contributed by atoms with Gasteiger partial charge in [-0.3, -0.25) is 13.9 Å². The van der Waals surface area contributed by atoms with Gasteiger partial charge in [0.25, 0.3) is 0 Å². The molecule has 2 N–H and O–H groups in total. The van der Waals surface area contributed by atoms with Crippen LogP contribution in [0.15, 0.2) is 36.7 Å². The molecule has 3 aliphatic rings. The van der Waals surface area contributed by atoms with E-state index >= 15 is 4.39 Å². The van der Waals surface area contributed by atoms with E-state index in [0.717, 1.165) is 25.7 Å². The van der Waals surface area contributed by atoms with Crippen LogP contribution in [0, 0.1) is 6.92 Å². The minimum absolute atomic E-state index is 0.180. The number of fused-ring (bicyclic) bond motifs is 1. The number of carbonyl (C=O) groups is 1. The van der Waals surface area contributed by atoms with Gasteiger partial charge >= 0.3 is 13.7 Å². The fourth-order valence-corrected chi connectivity index (χ4v) is 7.40. The zero-order valence-electron chi connectivity index (χ0n) is 26.1. The number of carbonyl (C=O) groups excluding carboxylic acids is 1. The fourth-order valence-electron chi connectivity index (χ4n) is 5.55. The van der Waals surface area contributed by atoms with Crippen LogP contribution in [0.4, 0.5) is 10.2 Å². The van der Waals surface area contributed by atoms with Crippen molar-refractivity contribution >= 4 is 42.3 Å². The van der Waals surface area contributed by atoms with Crippen molar-refractivity contribution in [2.75, 3.05) is 17.4 Å². The van der Waals surface area contributed by atoms with E-state index < -0.39 is 62.5 Å². The van der Waals surface area contributed by atoms with E-state index in [2.05, 4.69) is 20.0 Å². The molecule has 0 amide bonds. The number of nitrogens with one attached hydrogen (secondary N) is 1. The highest BCUT2D eigenvalue weighted by Crippen LogP contribution is 2.49. The molecule has 1 aliphatic heterocycles. The number of aliphatic hydroxyl groups is 1. The summed E-state index contributed by atoms with van der Waals surface area (Å²) in [5.74, 6) is 0.270. The minimum atomic E-state index is -4.37. The Kier molecular flexibility index (Phi) is 9.32. The van der Waals surface area contributed by atoms with E-state index in [1.54, 1.807) is 51.1 Å². The number of esters is 1. The van der Waals surface area contributed by atoms with Crippen LogP contribution in [-0.4, -0.2) is 85.2 Å². The van der Waals surface area contributed by atoms with Crippen LogP contribution in [0.1, 0.15) is 58.5 Å². The average molecular weight is 681 g/mol. The first-order chi connectivity index (χ1) is 21.9. The lowest BCUT2D eigenvalue weighted by Gasteiger charge is -2.31. The molecule has 16 heteroatoms. The quantitative estimate of drug-likeness (QED) is 0.139. The van der Waals surface area contributed by atoms with Crippen molar-refractivity contribution in [3.05, 3.63) is 42.5 Å². The molecule has 3 heterocycles. The van der Waals surface area contributed by atoms with Crippen LogP contribution in [0.2, 0.25) is 0 Å². The summed E-state index contributed by atoms with van der Waals surface area (Å²) in [5, 5.41) is 13.8. The Morgan fingerprint density at radius 3 is 2.50 bits per heavy atom. The summed E-state index contributed by atoms with van der Waals surface area (Å²) >= 11 is 6.33. The van der Waals surface area contributed by atoms with Crippen LogP contribution >= 0.6 is 19.3 Å². The minimum Gasteiger partial charge on any atom is -0.462 e. The van der Waals surface area contributed by atoms with Crippen LogP contribution in [0.3, 0.4) is 0 Å². The van der Waals surface area contributed by atoms with E-state index in [9.17, 15) is 14.5 Å². The van der Waals surface area contributed by atoms with Gasteiger partial charge in [-0.25, -0.2) is 23.9 Å². The summed E-state index contributed by atoms with van der Waals surface area (Å²) in [5.41, 5.74) is -0.987. The molecule has 0 spiro atoms. The van der Waals surface area contributed by atoms with Crippen molar-refractivity contribution in [2.45, 2.75) is 102 Å². The smallest absolute Gasteiger partial charge is 0.459 e. The number of ether oxygens (including phenoxy) is 2. The van der Waals surface area contributed by atoms with Crippen molar-refractivity contribution in [3.8, 4) is 5.75 Å². The Balaban J connectivity index is 1.26. The number of halogens is 2. The summed E-state index contributed by atoms with van der Waals surface area (Å²) in [7, 11) is -4.37. The third-order valence-electron chi connectivity index (χ3n) is 8.11. The second kappa shape index (κ2) is 13.0. The standard InChI is InChI=1S/C30H39ClFN6O7P/c1-17(2)43-29(40)18(3)36-46(41,45-22-8-6-5-7-9-22)42-15-30(14-31)25(39)23(32)28(44-30)37-16-33-24-26(37)34-19(4)35-27(24)38(20-10-11-20)21-12-13-21/h5-9,16-18,20-21,23,25,28,39H,10-15H2,1-4H3,(H,36,41)/t18-,23+,25-,28+,30+,46-/m0/s1. The molecule has 0 unspecified atom stereocenters. The number of para-hydroxylation sites is 1. The number of aryl methyl sites for hydroxylation is 1. The average Bonchev–Trinajstić information content (AvgIpc) is 3.96. The number of aromatic nitrogens is 4. The molecule has 6 atom stereocenters. The van der Waals surface area contributed by atoms with Crippen LogP contribution in [-0.2, 0) is 23.4 Å². The zero-order chi connectivity index (χ0) is 32.8. The molecule has 0 bridgehead atoms.